The van der Waals surface area contributed by atoms with Crippen molar-refractivity contribution < 1.29 is 35.7 Å². The molecule has 0 aliphatic carbocycles. The summed E-state index contributed by atoms with van der Waals surface area (Å²) in [5, 5.41) is 8.85. The number of halogens is 5. The Bertz CT molecular complexity index is 626. The smallest absolute Gasteiger partial charge is 0.478 e. The molecule has 5 nitrogen and oxygen atoms in total. The monoisotopic (exact) mass is 522 g/mol. The maximum atomic E-state index is 12.2. The number of benzene rings is 1. The Kier molecular flexibility index (Phi) is 4.93. The fourth-order valence-electron chi connectivity index (χ4n) is 0.961. The lowest BCUT2D eigenvalue weighted by Crippen LogP contribution is -2.29. The van der Waals surface area contributed by atoms with Crippen molar-refractivity contribution in [1.82, 2.24) is 0 Å². The van der Waals surface area contributed by atoms with Crippen molar-refractivity contribution >= 4 is 61.3 Å². The van der Waals surface area contributed by atoms with Gasteiger partial charge in [-0.05, 0) is 57.3 Å². The van der Waals surface area contributed by atoms with Crippen LogP contribution in [0.4, 0.5) is 13.2 Å². The van der Waals surface area contributed by atoms with E-state index in [2.05, 4.69) is 4.18 Å². The van der Waals surface area contributed by atoms with Crippen LogP contribution in [0.5, 0.6) is 5.75 Å². The van der Waals surface area contributed by atoms with Crippen LogP contribution in [0.25, 0.3) is 0 Å². The molecule has 11 heteroatoms. The van der Waals surface area contributed by atoms with E-state index in [1.165, 1.54) is 28.7 Å². The van der Waals surface area contributed by atoms with Crippen LogP contribution >= 0.6 is 45.2 Å². The number of hydrogen-bond acceptors (Lipinski definition) is 4. The number of hydrogen-bond donors (Lipinski definition) is 1. The molecule has 0 spiro atoms. The van der Waals surface area contributed by atoms with E-state index in [1.807, 2.05) is 0 Å². The van der Waals surface area contributed by atoms with Gasteiger partial charge in [0.05, 0.1) is 3.57 Å². The third kappa shape index (κ3) is 3.84. The van der Waals surface area contributed by atoms with E-state index in [-0.39, 0.29) is 3.57 Å². The van der Waals surface area contributed by atoms with E-state index < -0.39 is 32.9 Å². The Morgan fingerprint density at radius 1 is 1.26 bits per heavy atom. The molecule has 1 N–H and O–H groups in total. The van der Waals surface area contributed by atoms with Crippen molar-refractivity contribution in [3.8, 4) is 5.75 Å². The maximum Gasteiger partial charge on any atom is 0.534 e. The normalized spacial score (nSPS) is 12.3. The van der Waals surface area contributed by atoms with E-state index in [0.717, 1.165) is 6.07 Å². The first-order chi connectivity index (χ1) is 8.45. The van der Waals surface area contributed by atoms with Gasteiger partial charge in [0, 0.05) is 3.57 Å². The lowest BCUT2D eigenvalue weighted by Gasteiger charge is -2.13. The zero-order chi connectivity index (χ0) is 15.0. The van der Waals surface area contributed by atoms with Crippen LogP contribution in [-0.2, 0) is 10.1 Å². The third-order valence-corrected chi connectivity index (χ3v) is 4.09. The molecule has 19 heavy (non-hydrogen) atoms. The van der Waals surface area contributed by atoms with E-state index in [1.54, 1.807) is 22.6 Å². The van der Waals surface area contributed by atoms with Crippen LogP contribution in [0.1, 0.15) is 10.4 Å². The number of carboxylic acids is 1. The third-order valence-electron chi connectivity index (χ3n) is 1.72. The quantitative estimate of drug-likeness (QED) is 0.376. The molecule has 0 aliphatic rings. The second kappa shape index (κ2) is 5.59. The maximum absolute atomic E-state index is 12.2. The lowest BCUT2D eigenvalue weighted by molar-refractivity contribution is -0.0500. The Morgan fingerprint density at radius 2 is 1.79 bits per heavy atom. The van der Waals surface area contributed by atoms with Gasteiger partial charge in [0.25, 0.3) is 0 Å². The van der Waals surface area contributed by atoms with Crippen LogP contribution < -0.4 is 4.18 Å². The van der Waals surface area contributed by atoms with Gasteiger partial charge >= 0.3 is 21.6 Å². The predicted octanol–water partition coefficient (Wildman–Crippen LogP) is 2.82. The molecule has 0 bridgehead atoms. The van der Waals surface area contributed by atoms with E-state index >= 15 is 0 Å². The summed E-state index contributed by atoms with van der Waals surface area (Å²) >= 11 is 3.23. The molecule has 106 valence electrons. The lowest BCUT2D eigenvalue weighted by atomic mass is 10.2. The van der Waals surface area contributed by atoms with Gasteiger partial charge in [-0.25, -0.2) is 4.79 Å². The van der Waals surface area contributed by atoms with Gasteiger partial charge in [0.15, 0.2) is 5.75 Å². The number of alkyl halides is 3. The molecular formula is C8H3F3I2O5S. The van der Waals surface area contributed by atoms with E-state index in [4.69, 9.17) is 5.11 Å². The SMILES string of the molecule is O=C(O)c1cc(I)cc(I)c1OS(=O)(=O)C(F)(F)F. The average Bonchev–Trinajstić information content (AvgIpc) is 2.19. The second-order valence-corrected chi connectivity index (χ2v) is 7.00. The van der Waals surface area contributed by atoms with Crippen LogP contribution in [0, 0.1) is 7.14 Å². The van der Waals surface area contributed by atoms with Crippen LogP contribution in [0.2, 0.25) is 0 Å². The Morgan fingerprint density at radius 3 is 2.21 bits per heavy atom. The molecule has 0 aromatic heterocycles. The molecule has 0 aliphatic heterocycles. The van der Waals surface area contributed by atoms with Gasteiger partial charge in [-0.1, -0.05) is 0 Å². The highest BCUT2D eigenvalue weighted by molar-refractivity contribution is 14.1. The first kappa shape index (κ1) is 16.7. The largest absolute Gasteiger partial charge is 0.534 e. The molecule has 1 rings (SSSR count). The predicted molar refractivity (Wildman–Crippen MR) is 74.4 cm³/mol. The molecule has 1 aromatic carbocycles. The van der Waals surface area contributed by atoms with Crippen molar-refractivity contribution in [2.24, 2.45) is 0 Å². The van der Waals surface area contributed by atoms with Crippen LogP contribution in [0.15, 0.2) is 12.1 Å². The minimum Gasteiger partial charge on any atom is -0.478 e. The molecule has 0 saturated heterocycles. The summed E-state index contributed by atoms with van der Waals surface area (Å²) in [6.07, 6.45) is 0. The summed E-state index contributed by atoms with van der Waals surface area (Å²) in [4.78, 5) is 10.9. The molecular weight excluding hydrogens is 519 g/mol. The number of carbonyl (C=O) groups is 1. The first-order valence-corrected chi connectivity index (χ1v) is 7.75. The number of rotatable bonds is 3. The standard InChI is InChI=1S/C8H3F3I2O5S/c9-8(10,11)19(16,17)18-6-4(7(14)15)1-3(12)2-5(6)13/h1-2H,(H,14,15). The summed E-state index contributed by atoms with van der Waals surface area (Å²) < 4.78 is 62.6. The summed E-state index contributed by atoms with van der Waals surface area (Å²) in [5.74, 6) is -2.45. The molecule has 0 saturated carbocycles. The molecule has 0 amide bonds. The Balaban J connectivity index is 3.41. The minimum atomic E-state index is -5.91. The van der Waals surface area contributed by atoms with Crippen molar-refractivity contribution in [1.29, 1.82) is 0 Å². The van der Waals surface area contributed by atoms with Crippen LogP contribution in [-0.4, -0.2) is 25.0 Å². The van der Waals surface area contributed by atoms with Gasteiger partial charge < -0.3 is 9.29 Å². The Labute approximate surface area is 132 Å². The van der Waals surface area contributed by atoms with Crippen molar-refractivity contribution in [3.63, 3.8) is 0 Å². The zero-order valence-corrected chi connectivity index (χ0v) is 13.7. The number of aromatic carboxylic acids is 1. The average molecular weight is 522 g/mol. The van der Waals surface area contributed by atoms with Gasteiger partial charge in [0.1, 0.15) is 5.56 Å². The van der Waals surface area contributed by atoms with E-state index in [0.29, 0.717) is 3.57 Å². The molecule has 0 unspecified atom stereocenters. The highest BCUT2D eigenvalue weighted by Crippen LogP contribution is 2.33. The molecule has 0 atom stereocenters. The molecule has 0 heterocycles. The van der Waals surface area contributed by atoms with E-state index in [9.17, 15) is 26.4 Å². The van der Waals surface area contributed by atoms with Crippen molar-refractivity contribution in [3.05, 3.63) is 24.8 Å². The summed E-state index contributed by atoms with van der Waals surface area (Å²) in [6.45, 7) is 0. The van der Waals surface area contributed by atoms with Gasteiger partial charge in [-0.3, -0.25) is 0 Å². The van der Waals surface area contributed by atoms with Crippen molar-refractivity contribution in [2.75, 3.05) is 0 Å². The fourth-order valence-corrected chi connectivity index (χ4v) is 3.56. The zero-order valence-electron chi connectivity index (χ0n) is 8.53. The fraction of sp³-hybridized carbons (Fsp3) is 0.125. The van der Waals surface area contributed by atoms with Crippen LogP contribution in [0.3, 0.4) is 0 Å². The topological polar surface area (TPSA) is 80.7 Å². The van der Waals surface area contributed by atoms with Gasteiger partial charge in [-0.15, -0.1) is 0 Å². The molecule has 0 fully saturated rings. The van der Waals surface area contributed by atoms with Crippen molar-refractivity contribution in [2.45, 2.75) is 5.51 Å². The second-order valence-electron chi connectivity index (χ2n) is 3.05. The Hall–Kier alpha value is -0.310. The summed E-state index contributed by atoms with van der Waals surface area (Å²) in [7, 11) is -5.91. The highest BCUT2D eigenvalue weighted by atomic mass is 127. The summed E-state index contributed by atoms with van der Waals surface area (Å²) in [5.41, 5.74) is -6.29. The van der Waals surface area contributed by atoms with Gasteiger partial charge in [-0.2, -0.15) is 21.6 Å². The summed E-state index contributed by atoms with van der Waals surface area (Å²) in [6, 6.07) is 2.29. The molecule has 0 radical (unpaired) electrons. The minimum absolute atomic E-state index is 0.0604. The highest BCUT2D eigenvalue weighted by Gasteiger charge is 2.49. The first-order valence-electron chi connectivity index (χ1n) is 4.19. The number of carboxylic acid groups (broad SMARTS) is 1. The van der Waals surface area contributed by atoms with Gasteiger partial charge in [0.2, 0.25) is 0 Å². The molecule has 1 aromatic rings.